The number of carbonyl (C=O) groups excluding carboxylic acids is 2. The topological polar surface area (TPSA) is 81.4 Å². The van der Waals surface area contributed by atoms with Crippen molar-refractivity contribution in [3.63, 3.8) is 0 Å². The number of carbonyl (C=O) groups is 2. The zero-order valence-corrected chi connectivity index (χ0v) is 12.6. The van der Waals surface area contributed by atoms with Crippen molar-refractivity contribution in [3.8, 4) is 0 Å². The first-order valence-electron chi connectivity index (χ1n) is 7.53. The summed E-state index contributed by atoms with van der Waals surface area (Å²) in [6.45, 7) is 1.51. The first-order valence-corrected chi connectivity index (χ1v) is 7.53. The van der Waals surface area contributed by atoms with Crippen LogP contribution < -0.4 is 11.1 Å². The van der Waals surface area contributed by atoms with Gasteiger partial charge in [0.2, 0.25) is 0 Å². The molecule has 1 atom stereocenters. The SMILES string of the molecule is CC(OC(=O)c1ccc(F)cc1N)C(=O)NC1CCCCC1. The van der Waals surface area contributed by atoms with Crippen molar-refractivity contribution >= 4 is 17.6 Å². The standard InChI is InChI=1S/C16H21FN2O3/c1-10(15(20)19-12-5-3-2-4-6-12)22-16(21)13-8-7-11(17)9-14(13)18/h7-10,12H,2-6,18H2,1H3,(H,19,20). The van der Waals surface area contributed by atoms with Crippen LogP contribution >= 0.6 is 0 Å². The molecule has 1 saturated carbocycles. The molecule has 1 aliphatic rings. The maximum absolute atomic E-state index is 13.0. The van der Waals surface area contributed by atoms with Crippen molar-refractivity contribution in [2.24, 2.45) is 0 Å². The number of hydrogen-bond donors (Lipinski definition) is 2. The molecule has 0 aromatic heterocycles. The number of rotatable bonds is 4. The first kappa shape index (κ1) is 16.3. The van der Waals surface area contributed by atoms with E-state index in [1.165, 1.54) is 19.4 Å². The quantitative estimate of drug-likeness (QED) is 0.661. The third-order valence-electron chi connectivity index (χ3n) is 3.84. The maximum Gasteiger partial charge on any atom is 0.341 e. The van der Waals surface area contributed by atoms with E-state index >= 15 is 0 Å². The van der Waals surface area contributed by atoms with E-state index in [0.29, 0.717) is 0 Å². The van der Waals surface area contributed by atoms with Crippen LogP contribution in [0.5, 0.6) is 0 Å². The normalized spacial score (nSPS) is 16.8. The predicted molar refractivity (Wildman–Crippen MR) is 80.7 cm³/mol. The van der Waals surface area contributed by atoms with E-state index in [1.807, 2.05) is 0 Å². The summed E-state index contributed by atoms with van der Waals surface area (Å²) in [6, 6.07) is 3.57. The summed E-state index contributed by atoms with van der Waals surface area (Å²) in [6.07, 6.45) is 4.39. The average molecular weight is 308 g/mol. The third kappa shape index (κ3) is 4.19. The van der Waals surface area contributed by atoms with Crippen molar-refractivity contribution in [2.45, 2.75) is 51.2 Å². The molecule has 2 rings (SSSR count). The first-order chi connectivity index (χ1) is 10.5. The highest BCUT2D eigenvalue weighted by molar-refractivity contribution is 5.96. The van der Waals surface area contributed by atoms with Gasteiger partial charge in [-0.2, -0.15) is 0 Å². The number of nitrogens with one attached hydrogen (secondary N) is 1. The van der Waals surface area contributed by atoms with Gasteiger partial charge in [0.25, 0.3) is 5.91 Å². The monoisotopic (exact) mass is 308 g/mol. The van der Waals surface area contributed by atoms with Gasteiger partial charge in [-0.3, -0.25) is 4.79 Å². The highest BCUT2D eigenvalue weighted by atomic mass is 19.1. The van der Waals surface area contributed by atoms with Crippen LogP contribution in [-0.4, -0.2) is 24.0 Å². The van der Waals surface area contributed by atoms with Crippen LogP contribution in [0.3, 0.4) is 0 Å². The summed E-state index contributed by atoms with van der Waals surface area (Å²) < 4.78 is 18.1. The highest BCUT2D eigenvalue weighted by Gasteiger charge is 2.23. The predicted octanol–water partition coefficient (Wildman–Crippen LogP) is 2.40. The van der Waals surface area contributed by atoms with Crippen LogP contribution in [0.15, 0.2) is 18.2 Å². The van der Waals surface area contributed by atoms with Crippen LogP contribution in [0, 0.1) is 5.82 Å². The molecule has 1 fully saturated rings. The highest BCUT2D eigenvalue weighted by Crippen LogP contribution is 2.18. The number of amides is 1. The summed E-state index contributed by atoms with van der Waals surface area (Å²) in [5, 5.41) is 2.89. The van der Waals surface area contributed by atoms with E-state index in [9.17, 15) is 14.0 Å². The minimum atomic E-state index is -0.918. The zero-order valence-electron chi connectivity index (χ0n) is 12.6. The second kappa shape index (κ2) is 7.24. The Balaban J connectivity index is 1.91. The number of esters is 1. The Bertz CT molecular complexity index is 556. The molecule has 5 nitrogen and oxygen atoms in total. The minimum absolute atomic E-state index is 0.00936. The average Bonchev–Trinajstić information content (AvgIpc) is 2.47. The lowest BCUT2D eigenvalue weighted by atomic mass is 9.95. The van der Waals surface area contributed by atoms with Gasteiger partial charge < -0.3 is 15.8 Å². The van der Waals surface area contributed by atoms with Gasteiger partial charge in [-0.25, -0.2) is 9.18 Å². The Kier molecular flexibility index (Phi) is 5.35. The van der Waals surface area contributed by atoms with E-state index in [2.05, 4.69) is 5.32 Å². The molecule has 6 heteroatoms. The van der Waals surface area contributed by atoms with Gasteiger partial charge in [-0.1, -0.05) is 19.3 Å². The molecule has 0 spiro atoms. The second-order valence-corrected chi connectivity index (χ2v) is 5.62. The fraction of sp³-hybridized carbons (Fsp3) is 0.500. The largest absolute Gasteiger partial charge is 0.449 e. The van der Waals surface area contributed by atoms with Crippen LogP contribution in [0.25, 0.3) is 0 Å². The molecule has 1 aliphatic carbocycles. The molecule has 22 heavy (non-hydrogen) atoms. The van der Waals surface area contributed by atoms with Crippen molar-refractivity contribution in [1.82, 2.24) is 5.32 Å². The van der Waals surface area contributed by atoms with Crippen molar-refractivity contribution in [2.75, 3.05) is 5.73 Å². The van der Waals surface area contributed by atoms with Crippen molar-refractivity contribution in [1.29, 1.82) is 0 Å². The molecule has 0 bridgehead atoms. The van der Waals surface area contributed by atoms with Gasteiger partial charge in [-0.15, -0.1) is 0 Å². The Labute approximate surface area is 129 Å². The van der Waals surface area contributed by atoms with Crippen LogP contribution in [0.2, 0.25) is 0 Å². The van der Waals surface area contributed by atoms with Crippen LogP contribution in [0.4, 0.5) is 10.1 Å². The molecule has 1 aromatic carbocycles. The van der Waals surface area contributed by atoms with Gasteiger partial charge in [0.1, 0.15) is 5.82 Å². The molecule has 0 radical (unpaired) electrons. The van der Waals surface area contributed by atoms with E-state index < -0.39 is 17.9 Å². The molecule has 1 aromatic rings. The molecule has 0 saturated heterocycles. The summed E-state index contributed by atoms with van der Waals surface area (Å²) in [7, 11) is 0. The molecule has 120 valence electrons. The van der Waals surface area contributed by atoms with Crippen molar-refractivity contribution in [3.05, 3.63) is 29.6 Å². The van der Waals surface area contributed by atoms with Crippen LogP contribution in [0.1, 0.15) is 49.4 Å². The van der Waals surface area contributed by atoms with E-state index in [-0.39, 0.29) is 23.2 Å². The molecule has 3 N–H and O–H groups in total. The molecule has 1 amide bonds. The number of hydrogen-bond acceptors (Lipinski definition) is 4. The molecule has 1 unspecified atom stereocenters. The molecule has 0 heterocycles. The number of anilines is 1. The third-order valence-corrected chi connectivity index (χ3v) is 3.84. The zero-order chi connectivity index (χ0) is 16.1. The lowest BCUT2D eigenvalue weighted by molar-refractivity contribution is -0.130. The molecular weight excluding hydrogens is 287 g/mol. The van der Waals surface area contributed by atoms with Crippen molar-refractivity contribution < 1.29 is 18.7 Å². The smallest absolute Gasteiger partial charge is 0.341 e. The second-order valence-electron chi connectivity index (χ2n) is 5.62. The Hall–Kier alpha value is -2.11. The summed E-state index contributed by atoms with van der Waals surface area (Å²) in [5.74, 6) is -1.58. The number of nitrogen functional groups attached to an aromatic ring is 1. The minimum Gasteiger partial charge on any atom is -0.449 e. The summed E-state index contributed by atoms with van der Waals surface area (Å²) >= 11 is 0. The van der Waals surface area contributed by atoms with E-state index in [0.717, 1.165) is 37.8 Å². The van der Waals surface area contributed by atoms with Gasteiger partial charge >= 0.3 is 5.97 Å². The molecule has 0 aliphatic heterocycles. The Morgan fingerprint density at radius 3 is 2.64 bits per heavy atom. The van der Waals surface area contributed by atoms with Gasteiger partial charge in [0, 0.05) is 11.7 Å². The van der Waals surface area contributed by atoms with Crippen LogP contribution in [-0.2, 0) is 9.53 Å². The Morgan fingerprint density at radius 2 is 2.00 bits per heavy atom. The molecular formula is C16H21FN2O3. The number of halogens is 1. The maximum atomic E-state index is 13.0. The number of ether oxygens (including phenoxy) is 1. The fourth-order valence-electron chi connectivity index (χ4n) is 2.56. The van der Waals surface area contributed by atoms with Gasteiger partial charge in [0.15, 0.2) is 6.10 Å². The van der Waals surface area contributed by atoms with E-state index in [1.54, 1.807) is 0 Å². The lowest BCUT2D eigenvalue weighted by Gasteiger charge is -2.24. The van der Waals surface area contributed by atoms with Gasteiger partial charge in [0.05, 0.1) is 5.56 Å². The Morgan fingerprint density at radius 1 is 1.32 bits per heavy atom. The summed E-state index contributed by atoms with van der Waals surface area (Å²) in [5.41, 5.74) is 5.63. The lowest BCUT2D eigenvalue weighted by Crippen LogP contribution is -2.42. The fourth-order valence-corrected chi connectivity index (χ4v) is 2.56. The number of benzene rings is 1. The van der Waals surface area contributed by atoms with Gasteiger partial charge in [-0.05, 0) is 38.0 Å². The van der Waals surface area contributed by atoms with E-state index in [4.69, 9.17) is 10.5 Å². The number of nitrogens with two attached hydrogens (primary N) is 1. The summed E-state index contributed by atoms with van der Waals surface area (Å²) in [4.78, 5) is 24.0.